The second kappa shape index (κ2) is 6.91. The molecule has 1 aliphatic heterocycles. The quantitative estimate of drug-likeness (QED) is 0.780. The van der Waals surface area contributed by atoms with Crippen molar-refractivity contribution < 1.29 is 0 Å². The van der Waals surface area contributed by atoms with E-state index in [0.29, 0.717) is 0 Å². The van der Waals surface area contributed by atoms with Crippen LogP contribution in [0.25, 0.3) is 0 Å². The molecule has 1 heterocycles. The van der Waals surface area contributed by atoms with Crippen LogP contribution >= 0.6 is 0 Å². The third kappa shape index (κ3) is 3.71. The van der Waals surface area contributed by atoms with Crippen LogP contribution in [0, 0.1) is 11.8 Å². The Morgan fingerprint density at radius 2 is 1.94 bits per heavy atom. The van der Waals surface area contributed by atoms with Crippen molar-refractivity contribution in [2.75, 3.05) is 19.6 Å². The third-order valence-corrected chi connectivity index (χ3v) is 5.28. The van der Waals surface area contributed by atoms with Crippen molar-refractivity contribution in [3.05, 3.63) is 0 Å². The van der Waals surface area contributed by atoms with Gasteiger partial charge in [-0.2, -0.15) is 0 Å². The van der Waals surface area contributed by atoms with Gasteiger partial charge in [0.05, 0.1) is 0 Å². The van der Waals surface area contributed by atoms with E-state index < -0.39 is 0 Å². The van der Waals surface area contributed by atoms with Crippen molar-refractivity contribution in [2.45, 2.75) is 71.4 Å². The largest absolute Gasteiger partial charge is 0.312 e. The number of piperidine rings is 1. The molecule has 1 saturated heterocycles. The van der Waals surface area contributed by atoms with Gasteiger partial charge in [-0.05, 0) is 51.0 Å². The molecule has 0 aromatic rings. The molecule has 0 radical (unpaired) electrons. The highest BCUT2D eigenvalue weighted by Crippen LogP contribution is 2.27. The summed E-state index contributed by atoms with van der Waals surface area (Å²) >= 11 is 0. The van der Waals surface area contributed by atoms with Gasteiger partial charge in [-0.25, -0.2) is 0 Å². The van der Waals surface area contributed by atoms with E-state index >= 15 is 0 Å². The Morgan fingerprint density at radius 3 is 2.50 bits per heavy atom. The summed E-state index contributed by atoms with van der Waals surface area (Å²) in [5, 5.41) is 3.86. The molecule has 2 fully saturated rings. The molecule has 0 aromatic carbocycles. The zero-order valence-corrected chi connectivity index (χ0v) is 12.6. The van der Waals surface area contributed by atoms with Crippen molar-refractivity contribution in [3.8, 4) is 0 Å². The van der Waals surface area contributed by atoms with Crippen LogP contribution in [0.3, 0.4) is 0 Å². The molecule has 0 aromatic heterocycles. The monoisotopic (exact) mass is 252 g/mol. The molecule has 2 rings (SSSR count). The molecule has 2 heteroatoms. The second-order valence-corrected chi connectivity index (χ2v) is 6.62. The fraction of sp³-hybridized carbons (Fsp3) is 1.00. The molecule has 0 spiro atoms. The summed E-state index contributed by atoms with van der Waals surface area (Å²) in [7, 11) is 0. The standard InChI is InChI=1S/C16H32N2/c1-4-13(3)18-11-14(5-2)9-16(12-18)17-10-15-7-6-8-15/h13-17H,4-12H2,1-3H3. The van der Waals surface area contributed by atoms with Gasteiger partial charge in [0, 0.05) is 25.2 Å². The van der Waals surface area contributed by atoms with E-state index in [0.717, 1.165) is 23.9 Å². The maximum absolute atomic E-state index is 3.86. The molecule has 3 unspecified atom stereocenters. The van der Waals surface area contributed by atoms with Crippen LogP contribution in [0.15, 0.2) is 0 Å². The van der Waals surface area contributed by atoms with E-state index in [9.17, 15) is 0 Å². The lowest BCUT2D eigenvalue weighted by atomic mass is 9.84. The fourth-order valence-corrected chi connectivity index (χ4v) is 3.33. The van der Waals surface area contributed by atoms with Crippen LogP contribution in [0.5, 0.6) is 0 Å². The summed E-state index contributed by atoms with van der Waals surface area (Å²) in [5.74, 6) is 1.90. The van der Waals surface area contributed by atoms with Crippen LogP contribution < -0.4 is 5.32 Å². The Kier molecular flexibility index (Phi) is 5.50. The Hall–Kier alpha value is -0.0800. The number of nitrogens with zero attached hydrogens (tertiary/aromatic N) is 1. The molecule has 3 atom stereocenters. The van der Waals surface area contributed by atoms with Gasteiger partial charge in [-0.15, -0.1) is 0 Å². The topological polar surface area (TPSA) is 15.3 Å². The molecule has 2 nitrogen and oxygen atoms in total. The van der Waals surface area contributed by atoms with E-state index in [1.165, 1.54) is 58.2 Å². The Morgan fingerprint density at radius 1 is 1.17 bits per heavy atom. The van der Waals surface area contributed by atoms with E-state index in [1.54, 1.807) is 0 Å². The first-order valence-corrected chi connectivity index (χ1v) is 8.20. The molecule has 2 aliphatic rings. The van der Waals surface area contributed by atoms with Crippen molar-refractivity contribution >= 4 is 0 Å². The molecule has 1 saturated carbocycles. The first-order valence-electron chi connectivity index (χ1n) is 8.20. The van der Waals surface area contributed by atoms with Gasteiger partial charge in [-0.1, -0.05) is 26.7 Å². The maximum Gasteiger partial charge on any atom is 0.0198 e. The highest BCUT2D eigenvalue weighted by atomic mass is 15.2. The zero-order valence-electron chi connectivity index (χ0n) is 12.6. The van der Waals surface area contributed by atoms with Crippen LogP contribution in [0.1, 0.15) is 59.3 Å². The molecule has 106 valence electrons. The average Bonchev–Trinajstić information content (AvgIpc) is 2.35. The second-order valence-electron chi connectivity index (χ2n) is 6.62. The maximum atomic E-state index is 3.86. The molecule has 18 heavy (non-hydrogen) atoms. The molecule has 1 aliphatic carbocycles. The number of rotatable bonds is 6. The minimum Gasteiger partial charge on any atom is -0.312 e. The normalized spacial score (nSPS) is 32.2. The first kappa shape index (κ1) is 14.3. The summed E-state index contributed by atoms with van der Waals surface area (Å²) in [6, 6.07) is 1.51. The highest BCUT2D eigenvalue weighted by Gasteiger charge is 2.29. The van der Waals surface area contributed by atoms with Crippen molar-refractivity contribution in [1.82, 2.24) is 10.2 Å². The Balaban J connectivity index is 1.80. The number of likely N-dealkylation sites (tertiary alicyclic amines) is 1. The fourth-order valence-electron chi connectivity index (χ4n) is 3.33. The minimum atomic E-state index is 0.748. The predicted octanol–water partition coefficient (Wildman–Crippen LogP) is 3.28. The van der Waals surface area contributed by atoms with Gasteiger partial charge in [-0.3, -0.25) is 4.90 Å². The minimum absolute atomic E-state index is 0.748. The van der Waals surface area contributed by atoms with Gasteiger partial charge in [0.1, 0.15) is 0 Å². The summed E-state index contributed by atoms with van der Waals surface area (Å²) in [6.45, 7) is 10.9. The summed E-state index contributed by atoms with van der Waals surface area (Å²) in [6.07, 6.45) is 8.42. The van der Waals surface area contributed by atoms with Crippen LogP contribution in [-0.4, -0.2) is 36.6 Å². The third-order valence-electron chi connectivity index (χ3n) is 5.28. The molecule has 1 N–H and O–H groups in total. The van der Waals surface area contributed by atoms with Crippen LogP contribution in [0.4, 0.5) is 0 Å². The average molecular weight is 252 g/mol. The van der Waals surface area contributed by atoms with Gasteiger partial charge in [0.25, 0.3) is 0 Å². The first-order chi connectivity index (χ1) is 8.72. The van der Waals surface area contributed by atoms with Crippen molar-refractivity contribution in [1.29, 1.82) is 0 Å². The van der Waals surface area contributed by atoms with E-state index in [2.05, 4.69) is 31.0 Å². The molecule has 0 bridgehead atoms. The molecule has 0 amide bonds. The SMILES string of the molecule is CCC1CC(NCC2CCC2)CN(C(C)CC)C1. The van der Waals surface area contributed by atoms with Gasteiger partial charge < -0.3 is 5.32 Å². The van der Waals surface area contributed by atoms with E-state index in [1.807, 2.05) is 0 Å². The summed E-state index contributed by atoms with van der Waals surface area (Å²) in [5.41, 5.74) is 0. The molecular formula is C16H32N2. The number of nitrogens with one attached hydrogen (secondary N) is 1. The lowest BCUT2D eigenvalue weighted by molar-refractivity contribution is 0.0966. The van der Waals surface area contributed by atoms with Crippen LogP contribution in [-0.2, 0) is 0 Å². The number of hydrogen-bond acceptors (Lipinski definition) is 2. The lowest BCUT2D eigenvalue weighted by Gasteiger charge is -2.41. The van der Waals surface area contributed by atoms with Crippen molar-refractivity contribution in [3.63, 3.8) is 0 Å². The smallest absolute Gasteiger partial charge is 0.0198 e. The van der Waals surface area contributed by atoms with E-state index in [-0.39, 0.29) is 0 Å². The van der Waals surface area contributed by atoms with Crippen LogP contribution in [0.2, 0.25) is 0 Å². The Bertz CT molecular complexity index is 237. The van der Waals surface area contributed by atoms with Crippen molar-refractivity contribution in [2.24, 2.45) is 11.8 Å². The van der Waals surface area contributed by atoms with Gasteiger partial charge >= 0.3 is 0 Å². The van der Waals surface area contributed by atoms with E-state index in [4.69, 9.17) is 0 Å². The van der Waals surface area contributed by atoms with Gasteiger partial charge in [0.2, 0.25) is 0 Å². The Labute approximate surface area is 114 Å². The summed E-state index contributed by atoms with van der Waals surface area (Å²) in [4.78, 5) is 2.72. The lowest BCUT2D eigenvalue weighted by Crippen LogP contribution is -2.52. The van der Waals surface area contributed by atoms with Gasteiger partial charge in [0.15, 0.2) is 0 Å². The highest BCUT2D eigenvalue weighted by molar-refractivity contribution is 4.86. The number of hydrogen-bond donors (Lipinski definition) is 1. The molecular weight excluding hydrogens is 220 g/mol. The summed E-state index contributed by atoms with van der Waals surface area (Å²) < 4.78 is 0. The zero-order chi connectivity index (χ0) is 13.0. The predicted molar refractivity (Wildman–Crippen MR) is 78.9 cm³/mol.